The Morgan fingerprint density at radius 2 is 2.28 bits per heavy atom. The van der Waals surface area contributed by atoms with Crippen molar-refractivity contribution < 1.29 is 9.13 Å². The third kappa shape index (κ3) is 3.13. The van der Waals surface area contributed by atoms with Crippen LogP contribution >= 0.6 is 0 Å². The predicted molar refractivity (Wildman–Crippen MR) is 90.2 cm³/mol. The lowest BCUT2D eigenvalue weighted by Gasteiger charge is -2.14. The number of H-pyrrole nitrogens is 1. The lowest BCUT2D eigenvalue weighted by molar-refractivity contribution is 0.183. The molecule has 25 heavy (non-hydrogen) atoms. The molecule has 132 valence electrons. The summed E-state index contributed by atoms with van der Waals surface area (Å²) in [6.07, 6.45) is 6.77. The molecule has 3 aromatic heterocycles. The van der Waals surface area contributed by atoms with Crippen LogP contribution in [-0.2, 0) is 0 Å². The average Bonchev–Trinajstić information content (AvgIpc) is 3.16. The smallest absolute Gasteiger partial charge is 0.243 e. The molecule has 2 N–H and O–H groups in total. The van der Waals surface area contributed by atoms with Crippen LogP contribution in [0.15, 0.2) is 18.7 Å². The SMILES string of the molecule is C[C@H](CF)Oc1c(-c2cn[nH]c2)ncn2nc(N[C@H](C)C3CC3)nc12. The Balaban J connectivity index is 1.75. The lowest BCUT2D eigenvalue weighted by atomic mass is 10.2. The van der Waals surface area contributed by atoms with E-state index in [-0.39, 0.29) is 0 Å². The highest BCUT2D eigenvalue weighted by molar-refractivity contribution is 5.73. The van der Waals surface area contributed by atoms with Crippen LogP contribution in [0.4, 0.5) is 10.3 Å². The molecule has 1 aliphatic carbocycles. The summed E-state index contributed by atoms with van der Waals surface area (Å²) in [6.45, 7) is 3.18. The fraction of sp³-hybridized carbons (Fsp3) is 0.500. The first-order chi connectivity index (χ1) is 12.2. The van der Waals surface area contributed by atoms with Crippen LogP contribution in [0.1, 0.15) is 26.7 Å². The Hall–Kier alpha value is -2.71. The van der Waals surface area contributed by atoms with Crippen LogP contribution in [0.2, 0.25) is 0 Å². The van der Waals surface area contributed by atoms with Crippen LogP contribution in [-0.4, -0.2) is 48.6 Å². The number of hydrogen-bond donors (Lipinski definition) is 2. The van der Waals surface area contributed by atoms with E-state index in [4.69, 9.17) is 4.74 Å². The number of fused-ring (bicyclic) bond motifs is 1. The number of aromatic amines is 1. The fourth-order valence-electron chi connectivity index (χ4n) is 2.74. The zero-order valence-electron chi connectivity index (χ0n) is 14.1. The minimum Gasteiger partial charge on any atom is -0.482 e. The van der Waals surface area contributed by atoms with Gasteiger partial charge in [0, 0.05) is 17.8 Å². The Kier molecular flexibility index (Phi) is 3.98. The largest absolute Gasteiger partial charge is 0.482 e. The van der Waals surface area contributed by atoms with Gasteiger partial charge in [0.2, 0.25) is 11.6 Å². The van der Waals surface area contributed by atoms with E-state index in [9.17, 15) is 4.39 Å². The molecule has 0 saturated heterocycles. The van der Waals surface area contributed by atoms with Crippen molar-refractivity contribution in [3.05, 3.63) is 18.7 Å². The fourth-order valence-corrected chi connectivity index (χ4v) is 2.74. The number of nitrogens with one attached hydrogen (secondary N) is 2. The minimum atomic E-state index is -0.614. The van der Waals surface area contributed by atoms with Gasteiger partial charge in [-0.05, 0) is 32.6 Å². The van der Waals surface area contributed by atoms with E-state index in [0.717, 1.165) is 5.56 Å². The van der Waals surface area contributed by atoms with Gasteiger partial charge in [-0.25, -0.2) is 9.37 Å². The molecule has 0 spiro atoms. The average molecular weight is 345 g/mol. The molecule has 0 bridgehead atoms. The van der Waals surface area contributed by atoms with Crippen molar-refractivity contribution in [2.24, 2.45) is 5.92 Å². The maximum absolute atomic E-state index is 13.0. The van der Waals surface area contributed by atoms with E-state index in [0.29, 0.717) is 35.0 Å². The molecule has 4 rings (SSSR count). The normalized spacial score (nSPS) is 16.8. The van der Waals surface area contributed by atoms with Crippen LogP contribution in [0.3, 0.4) is 0 Å². The number of aromatic nitrogens is 6. The second kappa shape index (κ2) is 6.30. The maximum Gasteiger partial charge on any atom is 0.243 e. The lowest BCUT2D eigenvalue weighted by Crippen LogP contribution is -2.18. The molecule has 0 radical (unpaired) electrons. The molecule has 9 heteroatoms. The first kappa shape index (κ1) is 15.8. The summed E-state index contributed by atoms with van der Waals surface area (Å²) < 4.78 is 20.3. The first-order valence-corrected chi connectivity index (χ1v) is 8.39. The number of nitrogens with zero attached hydrogens (tertiary/aromatic N) is 5. The highest BCUT2D eigenvalue weighted by atomic mass is 19.1. The van der Waals surface area contributed by atoms with E-state index in [1.165, 1.54) is 12.8 Å². The first-order valence-electron chi connectivity index (χ1n) is 8.39. The molecule has 2 atom stereocenters. The molecule has 1 saturated carbocycles. The molecule has 0 unspecified atom stereocenters. The Labute approximate surface area is 143 Å². The molecular formula is C16H20FN7O. The van der Waals surface area contributed by atoms with Gasteiger partial charge >= 0.3 is 0 Å². The van der Waals surface area contributed by atoms with Crippen molar-refractivity contribution >= 4 is 11.6 Å². The predicted octanol–water partition coefficient (Wildman–Crippen LogP) is 2.46. The molecule has 1 aliphatic rings. The molecular weight excluding hydrogens is 325 g/mol. The van der Waals surface area contributed by atoms with Gasteiger partial charge in [-0.2, -0.15) is 14.6 Å². The topological polar surface area (TPSA) is 93.0 Å². The monoisotopic (exact) mass is 345 g/mol. The van der Waals surface area contributed by atoms with E-state index >= 15 is 0 Å². The summed E-state index contributed by atoms with van der Waals surface area (Å²) in [7, 11) is 0. The van der Waals surface area contributed by atoms with Crippen molar-refractivity contribution in [2.75, 3.05) is 12.0 Å². The molecule has 8 nitrogen and oxygen atoms in total. The van der Waals surface area contributed by atoms with Gasteiger partial charge in [0.25, 0.3) is 0 Å². The third-order valence-corrected chi connectivity index (χ3v) is 4.34. The number of anilines is 1. The second-order valence-electron chi connectivity index (χ2n) is 6.47. The number of alkyl halides is 1. The highest BCUT2D eigenvalue weighted by Gasteiger charge is 2.29. The molecule has 0 amide bonds. The summed E-state index contributed by atoms with van der Waals surface area (Å²) in [5.41, 5.74) is 1.79. The minimum absolute atomic E-state index is 0.313. The Morgan fingerprint density at radius 1 is 1.44 bits per heavy atom. The summed E-state index contributed by atoms with van der Waals surface area (Å²) in [4.78, 5) is 8.95. The van der Waals surface area contributed by atoms with Gasteiger partial charge in [-0.1, -0.05) is 0 Å². The van der Waals surface area contributed by atoms with Crippen LogP contribution in [0.5, 0.6) is 5.75 Å². The van der Waals surface area contributed by atoms with Crippen molar-refractivity contribution in [2.45, 2.75) is 38.8 Å². The number of rotatable bonds is 7. The molecule has 1 fully saturated rings. The number of halogens is 1. The van der Waals surface area contributed by atoms with E-state index in [1.54, 1.807) is 30.2 Å². The van der Waals surface area contributed by atoms with E-state index in [1.807, 2.05) is 0 Å². The summed E-state index contributed by atoms with van der Waals surface area (Å²) in [5, 5.41) is 14.4. The zero-order chi connectivity index (χ0) is 17.4. The van der Waals surface area contributed by atoms with Crippen molar-refractivity contribution in [1.29, 1.82) is 0 Å². The summed E-state index contributed by atoms with van der Waals surface area (Å²) in [5.74, 6) is 1.59. The molecule has 0 aromatic carbocycles. The van der Waals surface area contributed by atoms with Crippen LogP contribution in [0, 0.1) is 5.92 Å². The summed E-state index contributed by atoms with van der Waals surface area (Å²) in [6, 6.07) is 0.313. The van der Waals surface area contributed by atoms with Gasteiger partial charge in [0.1, 0.15) is 24.8 Å². The molecule has 3 heterocycles. The summed E-state index contributed by atoms with van der Waals surface area (Å²) >= 11 is 0. The van der Waals surface area contributed by atoms with Gasteiger partial charge in [-0.15, -0.1) is 5.10 Å². The van der Waals surface area contributed by atoms with Gasteiger partial charge in [-0.3, -0.25) is 5.10 Å². The van der Waals surface area contributed by atoms with Crippen LogP contribution in [0.25, 0.3) is 16.9 Å². The van der Waals surface area contributed by atoms with Gasteiger partial charge in [0.15, 0.2) is 5.75 Å². The van der Waals surface area contributed by atoms with Crippen molar-refractivity contribution in [3.63, 3.8) is 0 Å². The number of hydrogen-bond acceptors (Lipinski definition) is 6. The van der Waals surface area contributed by atoms with Gasteiger partial charge < -0.3 is 10.1 Å². The third-order valence-electron chi connectivity index (χ3n) is 4.34. The maximum atomic E-state index is 13.0. The van der Waals surface area contributed by atoms with Crippen molar-refractivity contribution in [3.8, 4) is 17.0 Å². The van der Waals surface area contributed by atoms with E-state index in [2.05, 4.69) is 37.5 Å². The zero-order valence-corrected chi connectivity index (χ0v) is 14.1. The number of ether oxygens (including phenoxy) is 1. The standard InChI is InChI=1S/C16H20FN7O/c1-9(5-17)25-14-13(12-6-19-20-7-12)18-8-24-15(14)22-16(23-24)21-10(2)11-3-4-11/h6-11H,3-5H2,1-2H3,(H,19,20)(H,21,23)/t9-,10-/m1/s1. The van der Waals surface area contributed by atoms with Crippen molar-refractivity contribution in [1.82, 2.24) is 29.8 Å². The Bertz CT molecular complexity index is 859. The van der Waals surface area contributed by atoms with E-state index < -0.39 is 12.8 Å². The quantitative estimate of drug-likeness (QED) is 0.683. The van der Waals surface area contributed by atoms with Gasteiger partial charge in [0.05, 0.1) is 6.20 Å². The molecule has 0 aliphatic heterocycles. The molecule has 3 aromatic rings. The second-order valence-corrected chi connectivity index (χ2v) is 6.47. The van der Waals surface area contributed by atoms with Crippen LogP contribution < -0.4 is 10.1 Å². The Morgan fingerprint density at radius 3 is 2.96 bits per heavy atom. The highest BCUT2D eigenvalue weighted by Crippen LogP contribution is 2.35.